The zero-order chi connectivity index (χ0) is 22.6. The van der Waals surface area contributed by atoms with Gasteiger partial charge in [0.2, 0.25) is 0 Å². The Bertz CT molecular complexity index is 884. The summed E-state index contributed by atoms with van der Waals surface area (Å²) in [5.41, 5.74) is 2.02. The molecule has 0 saturated heterocycles. The first-order valence-corrected chi connectivity index (χ1v) is 11.0. The normalized spacial score (nSPS) is 25.0. The van der Waals surface area contributed by atoms with Gasteiger partial charge in [0.15, 0.2) is 6.29 Å². The zero-order valence-corrected chi connectivity index (χ0v) is 19.6. The van der Waals surface area contributed by atoms with Crippen LogP contribution in [0, 0.1) is 24.2 Å². The van der Waals surface area contributed by atoms with Crippen LogP contribution in [0.25, 0.3) is 0 Å². The maximum absolute atomic E-state index is 12.2. The molecule has 0 spiro atoms. The first-order valence-electron chi connectivity index (χ1n) is 10.6. The van der Waals surface area contributed by atoms with Crippen LogP contribution < -0.4 is 4.74 Å². The average Bonchev–Trinajstić information content (AvgIpc) is 2.72. The molecule has 1 aliphatic rings. The molecule has 0 bridgehead atoms. The summed E-state index contributed by atoms with van der Waals surface area (Å²) in [7, 11) is 0. The Morgan fingerprint density at radius 2 is 2.03 bits per heavy atom. The molecule has 0 unspecified atom stereocenters. The maximum atomic E-state index is 12.2. The fourth-order valence-electron chi connectivity index (χ4n) is 4.11. The molecular weight excluding hydrogens is 400 g/mol. The van der Waals surface area contributed by atoms with Crippen LogP contribution in [0.4, 0.5) is 0 Å². The fourth-order valence-corrected chi connectivity index (χ4v) is 4.38. The van der Waals surface area contributed by atoms with Gasteiger partial charge in [0, 0.05) is 17.9 Å². The summed E-state index contributed by atoms with van der Waals surface area (Å²) < 4.78 is 5.68. The minimum absolute atomic E-state index is 0.00930. The van der Waals surface area contributed by atoms with Crippen molar-refractivity contribution in [1.29, 1.82) is 0 Å². The predicted molar refractivity (Wildman–Crippen MR) is 122 cm³/mol. The molecule has 0 amide bonds. The van der Waals surface area contributed by atoms with Crippen LogP contribution in [0.1, 0.15) is 68.9 Å². The van der Waals surface area contributed by atoms with Gasteiger partial charge < -0.3 is 9.84 Å². The van der Waals surface area contributed by atoms with Gasteiger partial charge in [0.1, 0.15) is 17.3 Å². The fraction of sp³-hybridized carbons (Fsp3) is 0.520. The van der Waals surface area contributed by atoms with E-state index in [1.54, 1.807) is 6.92 Å². The lowest BCUT2D eigenvalue weighted by Crippen LogP contribution is -2.40. The van der Waals surface area contributed by atoms with Crippen molar-refractivity contribution in [3.63, 3.8) is 0 Å². The average molecular weight is 433 g/mol. The standard InChI is InChI=1S/C25H33ClO4/c1-7-30-24-19(23(29)20(14-27)17(4)22(24)26)10-8-15(2)12-13-25(6)16(3)9-11-21(28)18(25)5/h8,12-14,16,18,29H,7,9-11H2,1-6H3/b13-12+,15-8+/t16-,18+,25+/m1/s1. The number of phenolic OH excluding ortho intramolecular Hbond substituents is 1. The highest BCUT2D eigenvalue weighted by atomic mass is 35.5. The molecule has 0 heterocycles. The number of allylic oxidation sites excluding steroid dienone is 4. The number of Topliss-reactive ketones (excluding diaryl/α,β-unsaturated/α-hetero) is 1. The van der Waals surface area contributed by atoms with Crippen molar-refractivity contribution in [2.24, 2.45) is 17.3 Å². The number of phenols is 1. The van der Waals surface area contributed by atoms with Crippen molar-refractivity contribution in [3.05, 3.63) is 45.5 Å². The van der Waals surface area contributed by atoms with Crippen LogP contribution >= 0.6 is 11.6 Å². The lowest BCUT2D eigenvalue weighted by molar-refractivity contribution is -0.129. The summed E-state index contributed by atoms with van der Waals surface area (Å²) in [6.45, 7) is 12.3. The second-order valence-corrected chi connectivity index (χ2v) is 8.92. The van der Waals surface area contributed by atoms with E-state index in [1.165, 1.54) is 0 Å². The lowest BCUT2D eigenvalue weighted by Gasteiger charge is -2.42. The molecular formula is C25H33ClO4. The van der Waals surface area contributed by atoms with E-state index in [4.69, 9.17) is 16.3 Å². The number of ketones is 1. The number of hydrogen-bond donors (Lipinski definition) is 1. The minimum Gasteiger partial charge on any atom is -0.507 e. The quantitative estimate of drug-likeness (QED) is 0.408. The predicted octanol–water partition coefficient (Wildman–Crippen LogP) is 6.25. The maximum Gasteiger partial charge on any atom is 0.154 e. The smallest absolute Gasteiger partial charge is 0.154 e. The van der Waals surface area contributed by atoms with Crippen molar-refractivity contribution >= 4 is 23.7 Å². The first kappa shape index (κ1) is 24.2. The highest BCUT2D eigenvalue weighted by Gasteiger charge is 2.41. The van der Waals surface area contributed by atoms with Crippen LogP contribution in [0.5, 0.6) is 11.5 Å². The number of halogens is 1. The van der Waals surface area contributed by atoms with Gasteiger partial charge in [-0.1, -0.05) is 56.2 Å². The monoisotopic (exact) mass is 432 g/mol. The molecule has 0 aliphatic heterocycles. The molecule has 1 N–H and O–H groups in total. The highest BCUT2D eigenvalue weighted by Crippen LogP contribution is 2.45. The van der Waals surface area contributed by atoms with Gasteiger partial charge in [-0.2, -0.15) is 0 Å². The molecule has 1 fully saturated rings. The Hall–Kier alpha value is -2.07. The molecule has 0 radical (unpaired) electrons. The third-order valence-electron chi connectivity index (χ3n) is 6.79. The second kappa shape index (κ2) is 9.82. The van der Waals surface area contributed by atoms with Crippen molar-refractivity contribution in [3.8, 4) is 11.5 Å². The van der Waals surface area contributed by atoms with E-state index in [9.17, 15) is 14.7 Å². The van der Waals surface area contributed by atoms with Crippen LogP contribution in [-0.2, 0) is 11.2 Å². The lowest BCUT2D eigenvalue weighted by atomic mass is 9.61. The second-order valence-electron chi connectivity index (χ2n) is 8.54. The SMILES string of the molecule is CCOc1c(Cl)c(C)c(C=O)c(O)c1C/C=C(C)/C=C/[C@@]1(C)[C@H](C)CCC(=O)[C@@H]1C. The molecule has 4 nitrogen and oxygen atoms in total. The van der Waals surface area contributed by atoms with E-state index in [-0.39, 0.29) is 22.6 Å². The van der Waals surface area contributed by atoms with E-state index in [1.807, 2.05) is 32.9 Å². The van der Waals surface area contributed by atoms with E-state index in [0.717, 1.165) is 12.0 Å². The molecule has 1 aromatic rings. The van der Waals surface area contributed by atoms with Crippen LogP contribution in [0.2, 0.25) is 5.02 Å². The van der Waals surface area contributed by atoms with Crippen LogP contribution in [0.3, 0.4) is 0 Å². The van der Waals surface area contributed by atoms with Gasteiger partial charge in [-0.15, -0.1) is 0 Å². The van der Waals surface area contributed by atoms with Gasteiger partial charge in [0.05, 0.1) is 17.2 Å². The van der Waals surface area contributed by atoms with E-state index >= 15 is 0 Å². The van der Waals surface area contributed by atoms with Gasteiger partial charge in [-0.3, -0.25) is 9.59 Å². The van der Waals surface area contributed by atoms with Crippen molar-refractivity contribution in [2.45, 2.75) is 60.8 Å². The van der Waals surface area contributed by atoms with Gasteiger partial charge >= 0.3 is 0 Å². The molecule has 1 saturated carbocycles. The number of hydrogen-bond acceptors (Lipinski definition) is 4. The summed E-state index contributed by atoms with van der Waals surface area (Å²) in [5, 5.41) is 11.0. The molecule has 1 aliphatic carbocycles. The van der Waals surface area contributed by atoms with E-state index in [2.05, 4.69) is 19.9 Å². The summed E-state index contributed by atoms with van der Waals surface area (Å²) >= 11 is 6.41. The summed E-state index contributed by atoms with van der Waals surface area (Å²) in [6, 6.07) is 0. The van der Waals surface area contributed by atoms with Gasteiger partial charge in [0.25, 0.3) is 0 Å². The largest absolute Gasteiger partial charge is 0.507 e. The summed E-state index contributed by atoms with van der Waals surface area (Å²) in [4.78, 5) is 23.7. The number of ether oxygens (including phenoxy) is 1. The number of carbonyl (C=O) groups excluding carboxylic acids is 2. The molecule has 164 valence electrons. The Balaban J connectivity index is 2.35. The molecule has 2 rings (SSSR count). The highest BCUT2D eigenvalue weighted by molar-refractivity contribution is 6.33. The number of rotatable bonds is 7. The molecule has 3 atom stereocenters. The van der Waals surface area contributed by atoms with Crippen molar-refractivity contribution < 1.29 is 19.4 Å². The minimum atomic E-state index is -0.180. The van der Waals surface area contributed by atoms with E-state index < -0.39 is 0 Å². The molecule has 1 aromatic carbocycles. The Labute approximate surface area is 185 Å². The molecule has 0 aromatic heterocycles. The Morgan fingerprint density at radius 1 is 1.37 bits per heavy atom. The first-order chi connectivity index (χ1) is 14.1. The Morgan fingerprint density at radius 3 is 2.63 bits per heavy atom. The number of aromatic hydroxyl groups is 1. The molecule has 30 heavy (non-hydrogen) atoms. The summed E-state index contributed by atoms with van der Waals surface area (Å²) in [6.07, 6.45) is 8.72. The third-order valence-corrected chi connectivity index (χ3v) is 7.24. The van der Waals surface area contributed by atoms with E-state index in [0.29, 0.717) is 59.3 Å². The third kappa shape index (κ3) is 4.64. The van der Waals surface area contributed by atoms with Gasteiger partial charge in [-0.05, 0) is 50.5 Å². The summed E-state index contributed by atoms with van der Waals surface area (Å²) in [5.74, 6) is 1.07. The number of benzene rings is 1. The van der Waals surface area contributed by atoms with Gasteiger partial charge in [-0.25, -0.2) is 0 Å². The van der Waals surface area contributed by atoms with Crippen molar-refractivity contribution in [1.82, 2.24) is 0 Å². The topological polar surface area (TPSA) is 63.6 Å². The van der Waals surface area contributed by atoms with Crippen LogP contribution in [-0.4, -0.2) is 23.8 Å². The van der Waals surface area contributed by atoms with Crippen molar-refractivity contribution in [2.75, 3.05) is 6.61 Å². The number of carbonyl (C=O) groups is 2. The van der Waals surface area contributed by atoms with Crippen LogP contribution in [0.15, 0.2) is 23.8 Å². The number of aldehydes is 1. The Kier molecular flexibility index (Phi) is 7.93. The molecule has 5 heteroatoms. The zero-order valence-electron chi connectivity index (χ0n) is 18.8.